The molecule has 1 aromatic rings. The van der Waals surface area contributed by atoms with Crippen LogP contribution in [0.25, 0.3) is 0 Å². The first-order chi connectivity index (χ1) is 10.4. The third kappa shape index (κ3) is 4.01. The van der Waals surface area contributed by atoms with E-state index in [1.807, 2.05) is 13.0 Å². The molecule has 0 unspecified atom stereocenters. The number of rotatable bonds is 6. The fourth-order valence-electron chi connectivity index (χ4n) is 3.25. The van der Waals surface area contributed by atoms with Gasteiger partial charge in [-0.05, 0) is 42.0 Å². The summed E-state index contributed by atoms with van der Waals surface area (Å²) in [5.74, 6) is 0.700. The predicted molar refractivity (Wildman–Crippen MR) is 87.5 cm³/mol. The van der Waals surface area contributed by atoms with Crippen molar-refractivity contribution in [3.05, 3.63) is 29.3 Å². The molecule has 2 atom stereocenters. The maximum absolute atomic E-state index is 11.1. The highest BCUT2D eigenvalue weighted by Crippen LogP contribution is 2.24. The Bertz CT molecular complexity index is 527. The Labute approximate surface area is 133 Å². The molecule has 0 aromatic heterocycles. The first-order valence-electron chi connectivity index (χ1n) is 8.07. The first kappa shape index (κ1) is 16.8. The number of aliphatic carboxylic acids is 1. The summed E-state index contributed by atoms with van der Waals surface area (Å²) in [6, 6.07) is 6.24. The van der Waals surface area contributed by atoms with Crippen LogP contribution < -0.4 is 4.74 Å². The number of carboxylic acids is 1. The third-order valence-electron chi connectivity index (χ3n) is 4.54. The van der Waals surface area contributed by atoms with Crippen molar-refractivity contribution in [3.63, 3.8) is 0 Å². The second-order valence-corrected chi connectivity index (χ2v) is 6.70. The zero-order valence-corrected chi connectivity index (χ0v) is 14.0. The number of carbonyl (C=O) groups is 1. The minimum absolute atomic E-state index is 0.213. The van der Waals surface area contributed by atoms with Crippen LogP contribution in [0, 0.1) is 18.8 Å². The van der Waals surface area contributed by atoms with E-state index in [1.165, 1.54) is 11.1 Å². The van der Waals surface area contributed by atoms with Crippen LogP contribution in [-0.2, 0) is 4.79 Å². The van der Waals surface area contributed by atoms with Crippen molar-refractivity contribution in [1.82, 2.24) is 4.90 Å². The van der Waals surface area contributed by atoms with Crippen molar-refractivity contribution in [1.29, 1.82) is 0 Å². The highest BCUT2D eigenvalue weighted by molar-refractivity contribution is 5.71. The summed E-state index contributed by atoms with van der Waals surface area (Å²) in [5.41, 5.74) is 2.61. The van der Waals surface area contributed by atoms with Crippen LogP contribution in [0.2, 0.25) is 0 Å². The second-order valence-electron chi connectivity index (χ2n) is 6.70. The molecular weight excluding hydrogens is 278 g/mol. The van der Waals surface area contributed by atoms with Gasteiger partial charge >= 0.3 is 5.97 Å². The fraction of sp³-hybridized carbons (Fsp3) is 0.611. The Balaban J connectivity index is 1.82. The lowest BCUT2D eigenvalue weighted by molar-refractivity contribution is -0.142. The molecule has 1 saturated heterocycles. The maximum atomic E-state index is 11.1. The predicted octanol–water partition coefficient (Wildman–Crippen LogP) is 3.15. The molecule has 1 N–H and O–H groups in total. The molecule has 0 aliphatic carbocycles. The summed E-state index contributed by atoms with van der Waals surface area (Å²) >= 11 is 0. The van der Waals surface area contributed by atoms with E-state index in [0.29, 0.717) is 19.1 Å². The molecule has 22 heavy (non-hydrogen) atoms. The zero-order chi connectivity index (χ0) is 16.3. The molecule has 2 rings (SSSR count). The van der Waals surface area contributed by atoms with Crippen molar-refractivity contribution < 1.29 is 14.6 Å². The number of benzene rings is 1. The molecular formula is C18H27NO3. The van der Waals surface area contributed by atoms with E-state index < -0.39 is 5.97 Å². The monoisotopic (exact) mass is 305 g/mol. The molecule has 1 aliphatic heterocycles. The van der Waals surface area contributed by atoms with E-state index in [-0.39, 0.29) is 11.8 Å². The third-order valence-corrected chi connectivity index (χ3v) is 4.54. The lowest BCUT2D eigenvalue weighted by Crippen LogP contribution is -2.27. The lowest BCUT2D eigenvalue weighted by atomic mass is 9.98. The summed E-state index contributed by atoms with van der Waals surface area (Å²) in [5, 5.41) is 9.15. The largest absolute Gasteiger partial charge is 0.492 e. The number of likely N-dealkylation sites (tertiary alicyclic amines) is 1. The quantitative estimate of drug-likeness (QED) is 0.877. The first-order valence-corrected chi connectivity index (χ1v) is 8.07. The standard InChI is InChI=1S/C18H27NO3/c1-12(2)16-6-5-15(9-13(16)3)22-8-7-19-10-14(4)17(11-19)18(20)21/h5-6,9,12,14,17H,7-8,10-11H2,1-4H3,(H,20,21)/t14-,17-/m1/s1. The van der Waals surface area contributed by atoms with Gasteiger partial charge in [0.2, 0.25) is 0 Å². The Kier molecular flexibility index (Phi) is 5.46. The number of aryl methyl sites for hydroxylation is 1. The van der Waals surface area contributed by atoms with Crippen molar-refractivity contribution in [2.24, 2.45) is 11.8 Å². The number of carboxylic acid groups (broad SMARTS) is 1. The van der Waals surface area contributed by atoms with Crippen LogP contribution in [0.5, 0.6) is 5.75 Å². The fourth-order valence-corrected chi connectivity index (χ4v) is 3.25. The summed E-state index contributed by atoms with van der Waals surface area (Å²) in [7, 11) is 0. The summed E-state index contributed by atoms with van der Waals surface area (Å²) in [6.07, 6.45) is 0. The normalized spacial score (nSPS) is 22.2. The van der Waals surface area contributed by atoms with Gasteiger partial charge in [0.25, 0.3) is 0 Å². The second kappa shape index (κ2) is 7.14. The molecule has 0 radical (unpaired) electrons. The van der Waals surface area contributed by atoms with Gasteiger partial charge in [-0.25, -0.2) is 0 Å². The summed E-state index contributed by atoms with van der Waals surface area (Å²) in [6.45, 7) is 11.3. The summed E-state index contributed by atoms with van der Waals surface area (Å²) in [4.78, 5) is 13.3. The van der Waals surface area contributed by atoms with Crippen LogP contribution in [-0.4, -0.2) is 42.2 Å². The van der Waals surface area contributed by atoms with Gasteiger partial charge in [0.05, 0.1) is 5.92 Å². The van der Waals surface area contributed by atoms with Crippen LogP contribution in [0.1, 0.15) is 37.8 Å². The number of nitrogens with zero attached hydrogens (tertiary/aromatic N) is 1. The molecule has 122 valence electrons. The molecule has 4 heteroatoms. The zero-order valence-electron chi connectivity index (χ0n) is 14.0. The van der Waals surface area contributed by atoms with Gasteiger partial charge in [0.1, 0.15) is 12.4 Å². The van der Waals surface area contributed by atoms with E-state index in [1.54, 1.807) is 0 Å². The Morgan fingerprint density at radius 1 is 1.41 bits per heavy atom. The number of hydrogen-bond donors (Lipinski definition) is 1. The molecule has 1 fully saturated rings. The average molecular weight is 305 g/mol. The lowest BCUT2D eigenvalue weighted by Gasteiger charge is -2.16. The van der Waals surface area contributed by atoms with Crippen LogP contribution in [0.4, 0.5) is 0 Å². The van der Waals surface area contributed by atoms with Gasteiger partial charge in [-0.2, -0.15) is 0 Å². The molecule has 1 heterocycles. The SMILES string of the molecule is Cc1cc(OCCN2C[C@@H](C)[C@H](C(=O)O)C2)ccc1C(C)C. The average Bonchev–Trinajstić information content (AvgIpc) is 2.80. The molecule has 1 aromatic carbocycles. The Hall–Kier alpha value is -1.55. The van der Waals surface area contributed by atoms with Crippen LogP contribution in [0.3, 0.4) is 0 Å². The smallest absolute Gasteiger partial charge is 0.308 e. The number of ether oxygens (including phenoxy) is 1. The van der Waals surface area contributed by atoms with Crippen molar-refractivity contribution >= 4 is 5.97 Å². The topological polar surface area (TPSA) is 49.8 Å². The Morgan fingerprint density at radius 3 is 2.68 bits per heavy atom. The van der Waals surface area contributed by atoms with E-state index in [0.717, 1.165) is 18.8 Å². The van der Waals surface area contributed by atoms with E-state index in [2.05, 4.69) is 37.8 Å². The maximum Gasteiger partial charge on any atom is 0.308 e. The van der Waals surface area contributed by atoms with Gasteiger partial charge in [-0.15, -0.1) is 0 Å². The number of hydrogen-bond acceptors (Lipinski definition) is 3. The highest BCUT2D eigenvalue weighted by Gasteiger charge is 2.34. The molecule has 0 bridgehead atoms. The van der Waals surface area contributed by atoms with Crippen LogP contribution in [0.15, 0.2) is 18.2 Å². The molecule has 0 saturated carbocycles. The van der Waals surface area contributed by atoms with Gasteiger partial charge in [-0.3, -0.25) is 9.69 Å². The van der Waals surface area contributed by atoms with Gasteiger partial charge in [0, 0.05) is 19.6 Å². The minimum Gasteiger partial charge on any atom is -0.492 e. The van der Waals surface area contributed by atoms with Gasteiger partial charge < -0.3 is 9.84 Å². The van der Waals surface area contributed by atoms with E-state index >= 15 is 0 Å². The summed E-state index contributed by atoms with van der Waals surface area (Å²) < 4.78 is 5.83. The van der Waals surface area contributed by atoms with E-state index in [9.17, 15) is 4.79 Å². The van der Waals surface area contributed by atoms with Crippen LogP contribution >= 0.6 is 0 Å². The van der Waals surface area contributed by atoms with E-state index in [4.69, 9.17) is 9.84 Å². The van der Waals surface area contributed by atoms with Crippen molar-refractivity contribution in [2.75, 3.05) is 26.2 Å². The minimum atomic E-state index is -0.684. The van der Waals surface area contributed by atoms with Gasteiger partial charge in [-0.1, -0.05) is 26.8 Å². The molecule has 0 amide bonds. The molecule has 4 nitrogen and oxygen atoms in total. The van der Waals surface area contributed by atoms with Crippen molar-refractivity contribution in [2.45, 2.75) is 33.6 Å². The molecule has 1 aliphatic rings. The Morgan fingerprint density at radius 2 is 2.14 bits per heavy atom. The highest BCUT2D eigenvalue weighted by atomic mass is 16.5. The molecule has 0 spiro atoms. The van der Waals surface area contributed by atoms with Gasteiger partial charge in [0.15, 0.2) is 0 Å². The van der Waals surface area contributed by atoms with Crippen molar-refractivity contribution in [3.8, 4) is 5.75 Å².